The Labute approximate surface area is 172 Å². The van der Waals surface area contributed by atoms with Gasteiger partial charge in [0.25, 0.3) is 0 Å². The summed E-state index contributed by atoms with van der Waals surface area (Å²) < 4.78 is 6.13. The van der Waals surface area contributed by atoms with E-state index in [-0.39, 0.29) is 0 Å². The molecule has 2 N–H and O–H groups in total. The van der Waals surface area contributed by atoms with Gasteiger partial charge in [0.2, 0.25) is 0 Å². The van der Waals surface area contributed by atoms with Crippen molar-refractivity contribution in [3.8, 4) is 11.5 Å². The fourth-order valence-electron chi connectivity index (χ4n) is 3.06. The Kier molecular flexibility index (Phi) is 6.08. The third-order valence-electron chi connectivity index (χ3n) is 4.63. The number of anilines is 2. The molecule has 0 spiro atoms. The van der Waals surface area contributed by atoms with Crippen LogP contribution in [-0.2, 0) is 13.1 Å². The summed E-state index contributed by atoms with van der Waals surface area (Å²) in [5.74, 6) is 1.62. The van der Waals surface area contributed by atoms with Crippen LogP contribution in [0.5, 0.6) is 11.5 Å². The van der Waals surface area contributed by atoms with E-state index in [2.05, 4.69) is 47.0 Å². The van der Waals surface area contributed by atoms with Crippen LogP contribution in [0.25, 0.3) is 0 Å². The second-order valence-corrected chi connectivity index (χ2v) is 6.80. The van der Waals surface area contributed by atoms with Gasteiger partial charge < -0.3 is 15.4 Å². The Bertz CT molecular complexity index is 1020. The van der Waals surface area contributed by atoms with Crippen LogP contribution in [0.3, 0.4) is 0 Å². The lowest BCUT2D eigenvalue weighted by Gasteiger charge is -2.14. The lowest BCUT2D eigenvalue weighted by atomic mass is 10.2. The molecule has 4 aromatic carbocycles. The topological polar surface area (TPSA) is 33.3 Å². The molecule has 0 atom stereocenters. The van der Waals surface area contributed by atoms with E-state index in [1.807, 2.05) is 72.8 Å². The molecule has 0 aromatic heterocycles. The summed E-state index contributed by atoms with van der Waals surface area (Å²) in [5, 5.41) is 6.90. The maximum Gasteiger partial charge on any atom is 0.150 e. The lowest BCUT2D eigenvalue weighted by Crippen LogP contribution is -2.01. The van der Waals surface area contributed by atoms with Crippen molar-refractivity contribution in [2.75, 3.05) is 10.6 Å². The third kappa shape index (κ3) is 5.39. The summed E-state index contributed by atoms with van der Waals surface area (Å²) in [6.07, 6.45) is 0. The second-order valence-electron chi connectivity index (χ2n) is 6.80. The summed E-state index contributed by atoms with van der Waals surface area (Å²) in [4.78, 5) is 0. The summed E-state index contributed by atoms with van der Waals surface area (Å²) in [5.41, 5.74) is 4.53. The highest BCUT2D eigenvalue weighted by molar-refractivity contribution is 5.58. The largest absolute Gasteiger partial charge is 0.455 e. The summed E-state index contributed by atoms with van der Waals surface area (Å²) in [6.45, 7) is 1.55. The van der Waals surface area contributed by atoms with Crippen LogP contribution in [0.15, 0.2) is 109 Å². The number of hydrogen-bond donors (Lipinski definition) is 2. The smallest absolute Gasteiger partial charge is 0.150 e. The molecule has 29 heavy (non-hydrogen) atoms. The molecule has 0 saturated carbocycles. The normalized spacial score (nSPS) is 10.3. The molecular weight excluding hydrogens is 356 g/mol. The summed E-state index contributed by atoms with van der Waals surface area (Å²) in [7, 11) is 0. The first-order chi connectivity index (χ1) is 14.4. The Morgan fingerprint density at radius 3 is 1.72 bits per heavy atom. The van der Waals surface area contributed by atoms with Gasteiger partial charge in [-0.05, 0) is 47.5 Å². The van der Waals surface area contributed by atoms with E-state index < -0.39 is 0 Å². The van der Waals surface area contributed by atoms with Gasteiger partial charge in [-0.3, -0.25) is 0 Å². The van der Waals surface area contributed by atoms with Crippen molar-refractivity contribution < 1.29 is 4.74 Å². The average molecular weight is 380 g/mol. The SMILES string of the molecule is c1ccc(CNc2ccc(Oc3ccccc3NCc3ccccc3)cc2)cc1. The number of para-hydroxylation sites is 2. The zero-order chi connectivity index (χ0) is 19.7. The number of benzene rings is 4. The van der Waals surface area contributed by atoms with Gasteiger partial charge in [0, 0.05) is 18.8 Å². The van der Waals surface area contributed by atoms with Crippen LogP contribution in [0.1, 0.15) is 11.1 Å². The zero-order valence-electron chi connectivity index (χ0n) is 16.2. The molecule has 4 aromatic rings. The minimum absolute atomic E-state index is 0.754. The highest BCUT2D eigenvalue weighted by Gasteiger charge is 2.05. The molecule has 0 aliphatic carbocycles. The molecule has 3 heteroatoms. The fourth-order valence-corrected chi connectivity index (χ4v) is 3.06. The van der Waals surface area contributed by atoms with E-state index >= 15 is 0 Å². The Balaban J connectivity index is 1.37. The van der Waals surface area contributed by atoms with Gasteiger partial charge in [0.05, 0.1) is 5.69 Å². The predicted octanol–water partition coefficient (Wildman–Crippen LogP) is 6.70. The van der Waals surface area contributed by atoms with Gasteiger partial charge in [0.15, 0.2) is 5.75 Å². The van der Waals surface area contributed by atoms with Gasteiger partial charge in [-0.2, -0.15) is 0 Å². The minimum Gasteiger partial charge on any atom is -0.455 e. The maximum absolute atomic E-state index is 6.13. The molecule has 0 heterocycles. The van der Waals surface area contributed by atoms with Crippen molar-refractivity contribution in [1.29, 1.82) is 0 Å². The molecular formula is C26H24N2O. The maximum atomic E-state index is 6.13. The van der Waals surface area contributed by atoms with Crippen LogP contribution in [-0.4, -0.2) is 0 Å². The third-order valence-corrected chi connectivity index (χ3v) is 4.63. The lowest BCUT2D eigenvalue weighted by molar-refractivity contribution is 0.484. The molecule has 3 nitrogen and oxygen atoms in total. The molecule has 0 fully saturated rings. The van der Waals surface area contributed by atoms with E-state index in [0.29, 0.717) is 0 Å². The van der Waals surface area contributed by atoms with Crippen molar-refractivity contribution >= 4 is 11.4 Å². The Hall–Kier alpha value is -3.72. The predicted molar refractivity (Wildman–Crippen MR) is 120 cm³/mol. The Morgan fingerprint density at radius 2 is 1.07 bits per heavy atom. The molecule has 0 radical (unpaired) electrons. The van der Waals surface area contributed by atoms with Gasteiger partial charge in [-0.1, -0.05) is 72.8 Å². The molecule has 144 valence electrons. The van der Waals surface area contributed by atoms with Crippen LogP contribution in [0.4, 0.5) is 11.4 Å². The first-order valence-corrected chi connectivity index (χ1v) is 9.79. The van der Waals surface area contributed by atoms with E-state index in [1.54, 1.807) is 0 Å². The fraction of sp³-hybridized carbons (Fsp3) is 0.0769. The van der Waals surface area contributed by atoms with Crippen LogP contribution >= 0.6 is 0 Å². The van der Waals surface area contributed by atoms with E-state index in [1.165, 1.54) is 11.1 Å². The van der Waals surface area contributed by atoms with Crippen LogP contribution in [0.2, 0.25) is 0 Å². The summed E-state index contributed by atoms with van der Waals surface area (Å²) in [6, 6.07) is 36.8. The van der Waals surface area contributed by atoms with Crippen molar-refractivity contribution in [2.45, 2.75) is 13.1 Å². The zero-order valence-corrected chi connectivity index (χ0v) is 16.2. The molecule has 0 saturated heterocycles. The summed E-state index contributed by atoms with van der Waals surface area (Å²) >= 11 is 0. The van der Waals surface area contributed by atoms with Crippen molar-refractivity contribution in [3.05, 3.63) is 120 Å². The van der Waals surface area contributed by atoms with Gasteiger partial charge in [-0.15, -0.1) is 0 Å². The number of ether oxygens (including phenoxy) is 1. The first kappa shape index (κ1) is 18.6. The number of hydrogen-bond acceptors (Lipinski definition) is 3. The van der Waals surface area contributed by atoms with Gasteiger partial charge in [-0.25, -0.2) is 0 Å². The number of rotatable bonds is 8. The number of nitrogens with one attached hydrogen (secondary N) is 2. The van der Waals surface area contributed by atoms with Crippen LogP contribution in [0, 0.1) is 0 Å². The van der Waals surface area contributed by atoms with Crippen molar-refractivity contribution in [1.82, 2.24) is 0 Å². The quantitative estimate of drug-likeness (QED) is 0.357. The van der Waals surface area contributed by atoms with Crippen molar-refractivity contribution in [2.24, 2.45) is 0 Å². The first-order valence-electron chi connectivity index (χ1n) is 9.79. The molecule has 4 rings (SSSR count). The second kappa shape index (κ2) is 9.47. The van der Waals surface area contributed by atoms with Crippen LogP contribution < -0.4 is 15.4 Å². The molecule has 0 unspecified atom stereocenters. The average Bonchev–Trinajstić information content (AvgIpc) is 2.79. The van der Waals surface area contributed by atoms with E-state index in [0.717, 1.165) is 36.0 Å². The van der Waals surface area contributed by atoms with Crippen molar-refractivity contribution in [3.63, 3.8) is 0 Å². The monoisotopic (exact) mass is 380 g/mol. The van der Waals surface area contributed by atoms with Gasteiger partial charge >= 0.3 is 0 Å². The molecule has 0 aliphatic heterocycles. The highest BCUT2D eigenvalue weighted by atomic mass is 16.5. The molecule has 0 aliphatic rings. The molecule has 0 bridgehead atoms. The molecule has 0 amide bonds. The Morgan fingerprint density at radius 1 is 0.517 bits per heavy atom. The highest BCUT2D eigenvalue weighted by Crippen LogP contribution is 2.30. The standard InChI is InChI=1S/C26H24N2O/c1-3-9-21(10-4-1)19-27-23-15-17-24(18-16-23)29-26-14-8-7-13-25(26)28-20-22-11-5-2-6-12-22/h1-18,27-28H,19-20H2. The van der Waals surface area contributed by atoms with E-state index in [4.69, 9.17) is 4.74 Å². The van der Waals surface area contributed by atoms with E-state index in [9.17, 15) is 0 Å². The minimum atomic E-state index is 0.754. The van der Waals surface area contributed by atoms with Gasteiger partial charge in [0.1, 0.15) is 5.75 Å².